The minimum Gasteiger partial charge on any atom is -0.393 e. The SMILES string of the molecule is COCC12CCC(O)CC1=CCC1C2CCC2(C)C(C)CCC12. The van der Waals surface area contributed by atoms with Gasteiger partial charge in [-0.1, -0.05) is 25.5 Å². The summed E-state index contributed by atoms with van der Waals surface area (Å²) in [7, 11) is 1.87. The Labute approximate surface area is 141 Å². The molecule has 0 radical (unpaired) electrons. The molecular formula is C21H34O2. The first-order valence-corrected chi connectivity index (χ1v) is 9.88. The minimum absolute atomic E-state index is 0.122. The molecule has 4 aliphatic carbocycles. The van der Waals surface area contributed by atoms with E-state index in [4.69, 9.17) is 4.74 Å². The average molecular weight is 319 g/mol. The van der Waals surface area contributed by atoms with Gasteiger partial charge in [-0.15, -0.1) is 0 Å². The minimum atomic E-state index is -0.122. The second-order valence-electron chi connectivity index (χ2n) is 9.35. The van der Waals surface area contributed by atoms with Crippen molar-refractivity contribution in [3.63, 3.8) is 0 Å². The maximum absolute atomic E-state index is 10.2. The van der Waals surface area contributed by atoms with Crippen molar-refractivity contribution in [2.45, 2.75) is 71.3 Å². The van der Waals surface area contributed by atoms with Gasteiger partial charge in [0.25, 0.3) is 0 Å². The Bertz CT molecular complexity index is 498. The number of aliphatic hydroxyl groups is 1. The van der Waals surface area contributed by atoms with E-state index >= 15 is 0 Å². The first-order valence-electron chi connectivity index (χ1n) is 9.88. The zero-order valence-electron chi connectivity index (χ0n) is 15.2. The molecule has 0 aliphatic heterocycles. The van der Waals surface area contributed by atoms with Crippen molar-refractivity contribution in [1.82, 2.24) is 0 Å². The van der Waals surface area contributed by atoms with Crippen LogP contribution in [0.5, 0.6) is 0 Å². The van der Waals surface area contributed by atoms with E-state index in [9.17, 15) is 5.11 Å². The molecule has 1 N–H and O–H groups in total. The first kappa shape index (κ1) is 16.1. The van der Waals surface area contributed by atoms with Gasteiger partial charge in [-0.3, -0.25) is 0 Å². The van der Waals surface area contributed by atoms with Crippen LogP contribution in [0.3, 0.4) is 0 Å². The zero-order chi connectivity index (χ0) is 16.2. The maximum atomic E-state index is 10.2. The predicted octanol–water partition coefficient (Wildman–Crippen LogP) is 4.57. The van der Waals surface area contributed by atoms with Crippen LogP contribution < -0.4 is 0 Å². The second kappa shape index (κ2) is 5.59. The molecule has 0 spiro atoms. The van der Waals surface area contributed by atoms with Gasteiger partial charge in [0.05, 0.1) is 12.7 Å². The van der Waals surface area contributed by atoms with Gasteiger partial charge in [-0.2, -0.15) is 0 Å². The van der Waals surface area contributed by atoms with Gasteiger partial charge in [-0.05, 0) is 80.5 Å². The van der Waals surface area contributed by atoms with Crippen LogP contribution in [0.1, 0.15) is 65.2 Å². The van der Waals surface area contributed by atoms with Crippen LogP contribution in [0.15, 0.2) is 11.6 Å². The highest BCUT2D eigenvalue weighted by Crippen LogP contribution is 2.66. The molecule has 2 heteroatoms. The van der Waals surface area contributed by atoms with Gasteiger partial charge >= 0.3 is 0 Å². The van der Waals surface area contributed by atoms with Crippen LogP contribution in [-0.2, 0) is 4.74 Å². The van der Waals surface area contributed by atoms with E-state index in [-0.39, 0.29) is 11.5 Å². The largest absolute Gasteiger partial charge is 0.393 e. The zero-order valence-corrected chi connectivity index (χ0v) is 15.2. The number of aliphatic hydroxyl groups excluding tert-OH is 1. The quantitative estimate of drug-likeness (QED) is 0.756. The molecule has 23 heavy (non-hydrogen) atoms. The van der Waals surface area contributed by atoms with Gasteiger partial charge in [0, 0.05) is 12.5 Å². The summed E-state index contributed by atoms with van der Waals surface area (Å²) in [5.41, 5.74) is 2.35. The number of methoxy groups -OCH3 is 1. The summed E-state index contributed by atoms with van der Waals surface area (Å²) in [5, 5.41) is 10.2. The van der Waals surface area contributed by atoms with E-state index in [2.05, 4.69) is 19.9 Å². The van der Waals surface area contributed by atoms with Gasteiger partial charge in [-0.25, -0.2) is 0 Å². The molecule has 7 unspecified atom stereocenters. The Morgan fingerprint density at radius 3 is 2.78 bits per heavy atom. The van der Waals surface area contributed by atoms with Crippen LogP contribution in [0, 0.1) is 34.5 Å². The van der Waals surface area contributed by atoms with E-state index in [1.54, 1.807) is 0 Å². The van der Waals surface area contributed by atoms with Crippen molar-refractivity contribution in [2.24, 2.45) is 34.5 Å². The highest BCUT2D eigenvalue weighted by atomic mass is 16.5. The third-order valence-corrected chi connectivity index (χ3v) is 8.68. The monoisotopic (exact) mass is 318 g/mol. The molecule has 0 saturated heterocycles. The van der Waals surface area contributed by atoms with Gasteiger partial charge in [0.2, 0.25) is 0 Å². The molecule has 4 rings (SSSR count). The lowest BCUT2D eigenvalue weighted by Crippen LogP contribution is -2.53. The van der Waals surface area contributed by atoms with Crippen molar-refractivity contribution in [3.05, 3.63) is 11.6 Å². The lowest BCUT2D eigenvalue weighted by atomic mass is 9.47. The summed E-state index contributed by atoms with van der Waals surface area (Å²) in [4.78, 5) is 0. The smallest absolute Gasteiger partial charge is 0.0577 e. The molecule has 0 bridgehead atoms. The summed E-state index contributed by atoms with van der Waals surface area (Å²) in [6.45, 7) is 5.94. The highest BCUT2D eigenvalue weighted by Gasteiger charge is 2.58. The summed E-state index contributed by atoms with van der Waals surface area (Å²) in [5.74, 6) is 3.45. The van der Waals surface area contributed by atoms with E-state index < -0.39 is 0 Å². The molecule has 0 heterocycles. The fourth-order valence-corrected chi connectivity index (χ4v) is 7.23. The lowest BCUT2D eigenvalue weighted by molar-refractivity contribution is -0.0792. The van der Waals surface area contributed by atoms with Crippen molar-refractivity contribution < 1.29 is 9.84 Å². The van der Waals surface area contributed by atoms with E-state index in [1.165, 1.54) is 37.7 Å². The normalized spacial score (nSPS) is 52.3. The van der Waals surface area contributed by atoms with Crippen LogP contribution in [-0.4, -0.2) is 24.9 Å². The van der Waals surface area contributed by atoms with Gasteiger partial charge < -0.3 is 9.84 Å². The third-order valence-electron chi connectivity index (χ3n) is 8.68. The van der Waals surface area contributed by atoms with Crippen LogP contribution in [0.25, 0.3) is 0 Å². The Kier molecular flexibility index (Phi) is 3.93. The Morgan fingerprint density at radius 2 is 2.00 bits per heavy atom. The summed E-state index contributed by atoms with van der Waals surface area (Å²) in [6.07, 6.45) is 12.3. The van der Waals surface area contributed by atoms with Crippen LogP contribution in [0.4, 0.5) is 0 Å². The second-order valence-corrected chi connectivity index (χ2v) is 9.35. The van der Waals surface area contributed by atoms with Crippen LogP contribution >= 0.6 is 0 Å². The molecule has 3 saturated carbocycles. The highest BCUT2D eigenvalue weighted by molar-refractivity contribution is 5.26. The number of allylic oxidation sites excluding steroid dienone is 1. The van der Waals surface area contributed by atoms with E-state index in [0.717, 1.165) is 49.5 Å². The molecule has 2 nitrogen and oxygen atoms in total. The standard InChI is InChI=1S/C21H34O2/c1-14-4-7-18-17-6-5-15-12-16(22)8-11-21(15,13-23-3)19(17)9-10-20(14,18)2/h5,14,16-19,22H,4,6-13H2,1-3H3. The number of rotatable bonds is 2. The third kappa shape index (κ3) is 2.20. The Hall–Kier alpha value is -0.340. The molecule has 0 amide bonds. The number of ether oxygens (including phenoxy) is 1. The van der Waals surface area contributed by atoms with Gasteiger partial charge in [0.15, 0.2) is 0 Å². The van der Waals surface area contributed by atoms with Crippen molar-refractivity contribution in [3.8, 4) is 0 Å². The maximum Gasteiger partial charge on any atom is 0.0577 e. The van der Waals surface area contributed by atoms with Crippen molar-refractivity contribution >= 4 is 0 Å². The van der Waals surface area contributed by atoms with E-state index in [0.29, 0.717) is 5.41 Å². The summed E-state index contributed by atoms with van der Waals surface area (Å²) >= 11 is 0. The van der Waals surface area contributed by atoms with Crippen molar-refractivity contribution in [1.29, 1.82) is 0 Å². The molecule has 0 aromatic carbocycles. The number of hydrogen-bond donors (Lipinski definition) is 1. The molecule has 130 valence electrons. The molecule has 0 aromatic heterocycles. The topological polar surface area (TPSA) is 29.5 Å². The molecule has 4 aliphatic rings. The predicted molar refractivity (Wildman–Crippen MR) is 93.1 cm³/mol. The van der Waals surface area contributed by atoms with E-state index in [1.807, 2.05) is 7.11 Å². The Morgan fingerprint density at radius 1 is 1.17 bits per heavy atom. The Balaban J connectivity index is 1.70. The average Bonchev–Trinajstić information content (AvgIpc) is 2.84. The van der Waals surface area contributed by atoms with Crippen molar-refractivity contribution in [2.75, 3.05) is 13.7 Å². The lowest BCUT2D eigenvalue weighted by Gasteiger charge is -2.58. The van der Waals surface area contributed by atoms with Crippen LogP contribution in [0.2, 0.25) is 0 Å². The fourth-order valence-electron chi connectivity index (χ4n) is 7.23. The molecular weight excluding hydrogens is 284 g/mol. The molecule has 3 fully saturated rings. The summed E-state index contributed by atoms with van der Waals surface area (Å²) in [6, 6.07) is 0. The number of fused-ring (bicyclic) bond motifs is 5. The summed E-state index contributed by atoms with van der Waals surface area (Å²) < 4.78 is 5.76. The number of hydrogen-bond acceptors (Lipinski definition) is 2. The molecule has 0 aromatic rings. The van der Waals surface area contributed by atoms with Gasteiger partial charge in [0.1, 0.15) is 0 Å². The fraction of sp³-hybridized carbons (Fsp3) is 0.905. The molecule has 7 atom stereocenters. The first-order chi connectivity index (χ1) is 11.0.